The minimum absolute atomic E-state index is 0.204. The van der Waals surface area contributed by atoms with E-state index < -0.39 is 0 Å². The van der Waals surface area contributed by atoms with Crippen molar-refractivity contribution in [2.75, 3.05) is 6.67 Å². The summed E-state index contributed by atoms with van der Waals surface area (Å²) in [6.45, 7) is 2.15. The molecular formula is C27H47F. The minimum Gasteiger partial charge on any atom is -0.251 e. The highest BCUT2D eigenvalue weighted by molar-refractivity contribution is 4.87. The van der Waals surface area contributed by atoms with E-state index in [0.29, 0.717) is 6.42 Å². The normalized spacial score (nSPS) is 37.4. The topological polar surface area (TPSA) is 0 Å². The number of allylic oxidation sites excluding steroid dienone is 2. The zero-order chi connectivity index (χ0) is 19.6. The number of rotatable bonds is 9. The predicted octanol–water partition coefficient (Wildman–Crippen LogP) is 8.90. The molecule has 162 valence electrons. The molecule has 0 aromatic heterocycles. The van der Waals surface area contributed by atoms with Crippen LogP contribution in [-0.2, 0) is 0 Å². The molecule has 0 radical (unpaired) electrons. The highest BCUT2D eigenvalue weighted by Crippen LogP contribution is 2.46. The number of alkyl halides is 1. The van der Waals surface area contributed by atoms with Crippen molar-refractivity contribution in [1.29, 1.82) is 0 Å². The maximum absolute atomic E-state index is 12.1. The minimum atomic E-state index is -0.204. The average Bonchev–Trinajstić information content (AvgIpc) is 2.75. The van der Waals surface area contributed by atoms with Crippen molar-refractivity contribution >= 4 is 0 Å². The largest absolute Gasteiger partial charge is 0.251 e. The van der Waals surface area contributed by atoms with Crippen molar-refractivity contribution in [2.24, 2.45) is 35.5 Å². The molecule has 3 rings (SSSR count). The fraction of sp³-hybridized carbons (Fsp3) is 0.926. The van der Waals surface area contributed by atoms with E-state index >= 15 is 0 Å². The molecule has 0 aliphatic heterocycles. The molecule has 3 saturated carbocycles. The van der Waals surface area contributed by atoms with Crippen LogP contribution in [0.25, 0.3) is 0 Å². The first-order valence-electron chi connectivity index (χ1n) is 13.0. The van der Waals surface area contributed by atoms with Crippen LogP contribution in [-0.4, -0.2) is 6.67 Å². The summed E-state index contributed by atoms with van der Waals surface area (Å²) in [4.78, 5) is 0. The monoisotopic (exact) mass is 390 g/mol. The van der Waals surface area contributed by atoms with E-state index in [-0.39, 0.29) is 6.67 Å². The lowest BCUT2D eigenvalue weighted by Crippen LogP contribution is -2.29. The molecule has 0 N–H and O–H groups in total. The SMILES string of the molecule is CCCC1CCC(C2CCC(C3CCC(CC/C=C/CCF)CC3)CC2)CC1. The number of hydrogen-bond donors (Lipinski definition) is 0. The van der Waals surface area contributed by atoms with E-state index in [0.717, 1.165) is 35.5 Å². The molecule has 3 aliphatic carbocycles. The molecule has 0 bridgehead atoms. The summed E-state index contributed by atoms with van der Waals surface area (Å²) >= 11 is 0. The van der Waals surface area contributed by atoms with Crippen molar-refractivity contribution in [3.63, 3.8) is 0 Å². The van der Waals surface area contributed by atoms with Gasteiger partial charge in [0.15, 0.2) is 0 Å². The van der Waals surface area contributed by atoms with Gasteiger partial charge in [-0.05, 0) is 106 Å². The van der Waals surface area contributed by atoms with Gasteiger partial charge in [-0.1, -0.05) is 57.6 Å². The Morgan fingerprint density at radius 2 is 0.964 bits per heavy atom. The summed E-state index contributed by atoms with van der Waals surface area (Å²) in [7, 11) is 0. The number of halogens is 1. The molecule has 0 spiro atoms. The van der Waals surface area contributed by atoms with Gasteiger partial charge in [-0.3, -0.25) is 4.39 Å². The zero-order valence-electron chi connectivity index (χ0n) is 18.7. The van der Waals surface area contributed by atoms with Crippen LogP contribution in [0.1, 0.15) is 116 Å². The van der Waals surface area contributed by atoms with Crippen LogP contribution >= 0.6 is 0 Å². The zero-order valence-corrected chi connectivity index (χ0v) is 18.7. The predicted molar refractivity (Wildman–Crippen MR) is 120 cm³/mol. The smallest absolute Gasteiger partial charge is 0.0928 e. The molecule has 0 aromatic rings. The fourth-order valence-corrected chi connectivity index (χ4v) is 7.02. The molecule has 3 fully saturated rings. The third kappa shape index (κ3) is 6.88. The van der Waals surface area contributed by atoms with Gasteiger partial charge in [-0.25, -0.2) is 0 Å². The van der Waals surface area contributed by atoms with Crippen molar-refractivity contribution in [3.05, 3.63) is 12.2 Å². The summed E-state index contributed by atoms with van der Waals surface area (Å²) in [6.07, 6.45) is 28.5. The molecule has 3 aliphatic rings. The summed E-state index contributed by atoms with van der Waals surface area (Å²) in [5.74, 6) is 6.26. The molecule has 0 aromatic carbocycles. The lowest BCUT2D eigenvalue weighted by Gasteiger charge is -2.41. The van der Waals surface area contributed by atoms with Gasteiger partial charge in [-0.2, -0.15) is 0 Å². The molecular weight excluding hydrogens is 343 g/mol. The fourth-order valence-electron chi connectivity index (χ4n) is 7.02. The van der Waals surface area contributed by atoms with Crippen LogP contribution in [0, 0.1) is 35.5 Å². The number of hydrogen-bond acceptors (Lipinski definition) is 0. The summed E-state index contributed by atoms with van der Waals surface area (Å²) < 4.78 is 12.1. The van der Waals surface area contributed by atoms with Gasteiger partial charge in [0.1, 0.15) is 0 Å². The standard InChI is InChI=1S/C27H47F/c1-2-7-22-9-13-24(14-10-22)26-17-19-27(20-18-26)25-15-11-23(12-16-25)8-5-3-4-6-21-28/h3-4,22-27H,2,5-21H2,1H3/b4-3+. The summed E-state index contributed by atoms with van der Waals surface area (Å²) in [5, 5.41) is 0. The molecule has 0 unspecified atom stereocenters. The molecule has 0 amide bonds. The lowest BCUT2D eigenvalue weighted by atomic mass is 9.64. The molecule has 0 atom stereocenters. The Balaban J connectivity index is 1.30. The second-order valence-electron chi connectivity index (χ2n) is 10.6. The third-order valence-corrected chi connectivity index (χ3v) is 8.81. The van der Waals surface area contributed by atoms with Gasteiger partial charge in [0, 0.05) is 0 Å². The Labute approximate surface area is 175 Å². The highest BCUT2D eigenvalue weighted by atomic mass is 19.1. The van der Waals surface area contributed by atoms with Gasteiger partial charge in [0.2, 0.25) is 0 Å². The Morgan fingerprint density at radius 1 is 0.571 bits per heavy atom. The average molecular weight is 391 g/mol. The van der Waals surface area contributed by atoms with Crippen LogP contribution in [0.15, 0.2) is 12.2 Å². The van der Waals surface area contributed by atoms with E-state index in [1.54, 1.807) is 38.5 Å². The van der Waals surface area contributed by atoms with E-state index in [2.05, 4.69) is 13.0 Å². The third-order valence-electron chi connectivity index (χ3n) is 8.81. The molecule has 0 nitrogen and oxygen atoms in total. The Morgan fingerprint density at radius 3 is 1.39 bits per heavy atom. The van der Waals surface area contributed by atoms with Crippen LogP contribution in [0.3, 0.4) is 0 Å². The first-order chi connectivity index (χ1) is 13.8. The van der Waals surface area contributed by atoms with Crippen LogP contribution < -0.4 is 0 Å². The van der Waals surface area contributed by atoms with Gasteiger partial charge < -0.3 is 0 Å². The molecule has 28 heavy (non-hydrogen) atoms. The van der Waals surface area contributed by atoms with Gasteiger partial charge in [-0.15, -0.1) is 0 Å². The van der Waals surface area contributed by atoms with Crippen molar-refractivity contribution in [2.45, 2.75) is 116 Å². The second kappa shape index (κ2) is 12.4. The van der Waals surface area contributed by atoms with E-state index in [1.807, 2.05) is 6.08 Å². The van der Waals surface area contributed by atoms with Crippen molar-refractivity contribution in [1.82, 2.24) is 0 Å². The van der Waals surface area contributed by atoms with Gasteiger partial charge in [0.05, 0.1) is 6.67 Å². The van der Waals surface area contributed by atoms with E-state index in [1.165, 1.54) is 64.2 Å². The van der Waals surface area contributed by atoms with Gasteiger partial charge >= 0.3 is 0 Å². The second-order valence-corrected chi connectivity index (χ2v) is 10.6. The lowest BCUT2D eigenvalue weighted by molar-refractivity contribution is 0.103. The summed E-state index contributed by atoms with van der Waals surface area (Å²) in [5.41, 5.74) is 0. The van der Waals surface area contributed by atoms with Crippen LogP contribution in [0.2, 0.25) is 0 Å². The van der Waals surface area contributed by atoms with Crippen molar-refractivity contribution in [3.8, 4) is 0 Å². The molecule has 0 heterocycles. The van der Waals surface area contributed by atoms with Crippen LogP contribution in [0.5, 0.6) is 0 Å². The maximum Gasteiger partial charge on any atom is 0.0928 e. The van der Waals surface area contributed by atoms with E-state index in [9.17, 15) is 4.39 Å². The first kappa shape index (κ1) is 22.4. The quantitative estimate of drug-likeness (QED) is 0.345. The van der Waals surface area contributed by atoms with Crippen molar-refractivity contribution < 1.29 is 4.39 Å². The molecule has 1 heteroatoms. The Bertz CT molecular complexity index is 418. The van der Waals surface area contributed by atoms with Gasteiger partial charge in [0.25, 0.3) is 0 Å². The maximum atomic E-state index is 12.1. The Kier molecular flexibility index (Phi) is 9.89. The first-order valence-corrected chi connectivity index (χ1v) is 13.0. The Hall–Kier alpha value is -0.330. The van der Waals surface area contributed by atoms with Crippen LogP contribution in [0.4, 0.5) is 4.39 Å². The summed E-state index contributed by atoms with van der Waals surface area (Å²) in [6, 6.07) is 0. The van der Waals surface area contributed by atoms with E-state index in [4.69, 9.17) is 0 Å². The molecule has 0 saturated heterocycles. The highest BCUT2D eigenvalue weighted by Gasteiger charge is 2.34.